The van der Waals surface area contributed by atoms with Crippen LogP contribution in [0.2, 0.25) is 5.02 Å². The van der Waals surface area contributed by atoms with Crippen LogP contribution in [0.25, 0.3) is 21.9 Å². The fraction of sp³-hybridized carbons (Fsp3) is 0.385. The van der Waals surface area contributed by atoms with Gasteiger partial charge in [0.1, 0.15) is 5.82 Å². The zero-order valence-electron chi connectivity index (χ0n) is 20.0. The van der Waals surface area contributed by atoms with Crippen molar-refractivity contribution in [3.8, 4) is 0 Å². The predicted octanol–water partition coefficient (Wildman–Crippen LogP) is 3.59. The number of fused-ring (bicyclic) bond motifs is 2. The summed E-state index contributed by atoms with van der Waals surface area (Å²) in [6.07, 6.45) is 7.66. The van der Waals surface area contributed by atoms with Gasteiger partial charge < -0.3 is 19.5 Å². The average Bonchev–Trinajstić information content (AvgIpc) is 3.16. The number of imidazole rings is 1. The second-order valence-corrected chi connectivity index (χ2v) is 9.88. The Balaban J connectivity index is 1.24. The van der Waals surface area contributed by atoms with Crippen molar-refractivity contribution >= 4 is 45.1 Å². The molecule has 1 aliphatic rings. The minimum atomic E-state index is -0.991. The van der Waals surface area contributed by atoms with E-state index in [0.29, 0.717) is 30.8 Å². The molecule has 1 fully saturated rings. The second-order valence-electron chi connectivity index (χ2n) is 9.44. The summed E-state index contributed by atoms with van der Waals surface area (Å²) in [5.74, 6) is 0.823. The van der Waals surface area contributed by atoms with Crippen molar-refractivity contribution in [1.29, 1.82) is 0 Å². The highest BCUT2D eigenvalue weighted by Gasteiger charge is 2.36. The van der Waals surface area contributed by atoms with Gasteiger partial charge in [0.15, 0.2) is 0 Å². The van der Waals surface area contributed by atoms with Gasteiger partial charge in [-0.05, 0) is 43.2 Å². The Labute approximate surface area is 209 Å². The molecule has 35 heavy (non-hydrogen) atoms. The van der Waals surface area contributed by atoms with E-state index in [9.17, 15) is 9.90 Å². The van der Waals surface area contributed by atoms with E-state index >= 15 is 0 Å². The van der Waals surface area contributed by atoms with Gasteiger partial charge in [-0.25, -0.2) is 4.98 Å². The summed E-state index contributed by atoms with van der Waals surface area (Å²) < 4.78 is 2.00. The molecule has 9 heteroatoms. The molecule has 0 aliphatic carbocycles. The number of hydrogen-bond donors (Lipinski definition) is 1. The molecule has 1 aliphatic heterocycles. The predicted molar refractivity (Wildman–Crippen MR) is 138 cm³/mol. The lowest BCUT2D eigenvalue weighted by Gasteiger charge is -2.42. The van der Waals surface area contributed by atoms with Crippen LogP contribution in [0.1, 0.15) is 25.1 Å². The van der Waals surface area contributed by atoms with Crippen molar-refractivity contribution in [3.63, 3.8) is 0 Å². The lowest BCUT2D eigenvalue weighted by molar-refractivity contribution is -0.133. The number of hydrogen-bond acceptors (Lipinski definition) is 6. The Bertz CT molecular complexity index is 1380. The molecule has 1 saturated heterocycles. The molecule has 0 bridgehead atoms. The molecule has 182 valence electrons. The first kappa shape index (κ1) is 23.5. The Hall–Kier alpha value is -3.23. The van der Waals surface area contributed by atoms with E-state index in [0.717, 1.165) is 46.4 Å². The average molecular weight is 493 g/mol. The quantitative estimate of drug-likeness (QED) is 0.442. The summed E-state index contributed by atoms with van der Waals surface area (Å²) in [6, 6.07) is 9.47. The van der Waals surface area contributed by atoms with Crippen LogP contribution in [-0.4, -0.2) is 67.7 Å². The van der Waals surface area contributed by atoms with Crippen LogP contribution in [0.3, 0.4) is 0 Å². The summed E-state index contributed by atoms with van der Waals surface area (Å²) in [6.45, 7) is 1.57. The van der Waals surface area contributed by atoms with Gasteiger partial charge in [0.25, 0.3) is 0 Å². The van der Waals surface area contributed by atoms with Crippen LogP contribution in [0.4, 0.5) is 5.69 Å². The first-order valence-corrected chi connectivity index (χ1v) is 12.2. The molecule has 3 aromatic heterocycles. The minimum Gasteiger partial charge on any atom is -0.386 e. The number of carbonyl (C=O) groups excluding carboxylic acids is 1. The highest BCUT2D eigenvalue weighted by atomic mass is 35.5. The number of β-amino-alcohol motifs (C(OH)–C–C–N with tert-alkyl or cyclic N) is 1. The van der Waals surface area contributed by atoms with E-state index in [-0.39, 0.29) is 12.5 Å². The first-order valence-electron chi connectivity index (χ1n) is 11.8. The Morgan fingerprint density at radius 3 is 2.94 bits per heavy atom. The maximum absolute atomic E-state index is 13.0. The number of nitrogens with zero attached hydrogens (tertiary/aromatic N) is 6. The van der Waals surface area contributed by atoms with Crippen LogP contribution >= 0.6 is 11.6 Å². The van der Waals surface area contributed by atoms with Crippen LogP contribution in [0.15, 0.2) is 48.9 Å². The summed E-state index contributed by atoms with van der Waals surface area (Å²) in [5, 5.41) is 13.1. The molecule has 1 aromatic carbocycles. The number of pyridine rings is 2. The monoisotopic (exact) mass is 492 g/mol. The molecule has 0 saturated carbocycles. The smallest absolute Gasteiger partial charge is 0.222 e. The third-order valence-corrected chi connectivity index (χ3v) is 7.11. The number of amides is 1. The second kappa shape index (κ2) is 9.43. The Kier molecular flexibility index (Phi) is 6.34. The lowest BCUT2D eigenvalue weighted by atomic mass is 9.91. The van der Waals surface area contributed by atoms with E-state index in [1.54, 1.807) is 24.3 Å². The van der Waals surface area contributed by atoms with Crippen molar-refractivity contribution in [2.24, 2.45) is 7.05 Å². The van der Waals surface area contributed by atoms with E-state index < -0.39 is 5.60 Å². The van der Waals surface area contributed by atoms with Gasteiger partial charge in [-0.3, -0.25) is 14.8 Å². The molecule has 1 atom stereocenters. The van der Waals surface area contributed by atoms with E-state index in [4.69, 9.17) is 11.6 Å². The van der Waals surface area contributed by atoms with Crippen LogP contribution in [0.5, 0.6) is 0 Å². The number of aliphatic hydroxyl groups is 1. The minimum absolute atomic E-state index is 0.0146. The number of anilines is 1. The number of halogens is 1. The fourth-order valence-corrected chi connectivity index (χ4v) is 5.25. The molecular formula is C26H29ClN6O2. The number of likely N-dealkylation sites (N-methyl/N-ethyl adjacent to an activating group) is 1. The van der Waals surface area contributed by atoms with E-state index in [2.05, 4.69) is 19.9 Å². The van der Waals surface area contributed by atoms with Gasteiger partial charge >= 0.3 is 0 Å². The number of aryl methyl sites for hydroxylation is 2. The SMILES string of the molecule is CN(C[C@]1(O)CCCN(c2ccnc3ccncc23)C1)C(=O)CCc1nc2cc(Cl)ccc2n1C. The lowest BCUT2D eigenvalue weighted by Crippen LogP contribution is -2.54. The highest BCUT2D eigenvalue weighted by Crippen LogP contribution is 2.31. The van der Waals surface area contributed by atoms with Gasteiger partial charge in [0, 0.05) is 74.7 Å². The number of aromatic nitrogens is 4. The first-order chi connectivity index (χ1) is 16.8. The highest BCUT2D eigenvalue weighted by molar-refractivity contribution is 6.31. The number of rotatable bonds is 6. The summed E-state index contributed by atoms with van der Waals surface area (Å²) in [5.41, 5.74) is 2.71. The Morgan fingerprint density at radius 1 is 1.23 bits per heavy atom. The molecule has 0 radical (unpaired) electrons. The number of carbonyl (C=O) groups is 1. The molecule has 4 aromatic rings. The van der Waals surface area contributed by atoms with Crippen molar-refractivity contribution in [3.05, 3.63) is 59.8 Å². The standard InChI is InChI=1S/C26H29ClN6O2/c1-31(25(34)7-6-24-30-21-14-18(27)4-5-23(21)32(24)2)16-26(35)10-3-13-33(17-26)22-9-12-29-20-8-11-28-15-19(20)22/h4-5,8-9,11-12,14-15,35H,3,6-7,10,13,16-17H2,1-2H3/t26-/m1/s1. The summed E-state index contributed by atoms with van der Waals surface area (Å²) in [4.78, 5) is 30.1. The molecule has 5 rings (SSSR count). The summed E-state index contributed by atoms with van der Waals surface area (Å²) >= 11 is 6.09. The maximum atomic E-state index is 13.0. The summed E-state index contributed by atoms with van der Waals surface area (Å²) in [7, 11) is 3.71. The van der Waals surface area contributed by atoms with Crippen molar-refractivity contribution < 1.29 is 9.90 Å². The number of benzene rings is 1. The maximum Gasteiger partial charge on any atom is 0.222 e. The third-order valence-electron chi connectivity index (χ3n) is 6.87. The zero-order valence-corrected chi connectivity index (χ0v) is 20.7. The largest absolute Gasteiger partial charge is 0.386 e. The Morgan fingerprint density at radius 2 is 2.09 bits per heavy atom. The molecule has 1 amide bonds. The fourth-order valence-electron chi connectivity index (χ4n) is 5.08. The molecule has 1 N–H and O–H groups in total. The zero-order chi connectivity index (χ0) is 24.6. The normalized spacial score (nSPS) is 18.3. The van der Waals surface area contributed by atoms with Gasteiger partial charge in [-0.2, -0.15) is 0 Å². The van der Waals surface area contributed by atoms with Crippen molar-refractivity contribution in [2.75, 3.05) is 31.6 Å². The van der Waals surface area contributed by atoms with Crippen LogP contribution < -0.4 is 4.90 Å². The molecule has 8 nitrogen and oxygen atoms in total. The van der Waals surface area contributed by atoms with E-state index in [1.165, 1.54) is 0 Å². The van der Waals surface area contributed by atoms with Crippen LogP contribution in [0, 0.1) is 0 Å². The molecular weight excluding hydrogens is 464 g/mol. The van der Waals surface area contributed by atoms with Crippen molar-refractivity contribution in [2.45, 2.75) is 31.3 Å². The topological polar surface area (TPSA) is 87.4 Å². The van der Waals surface area contributed by atoms with Gasteiger partial charge in [-0.1, -0.05) is 11.6 Å². The van der Waals surface area contributed by atoms with Crippen molar-refractivity contribution in [1.82, 2.24) is 24.4 Å². The van der Waals surface area contributed by atoms with Gasteiger partial charge in [0.05, 0.1) is 28.7 Å². The number of piperidine rings is 1. The van der Waals surface area contributed by atoms with Gasteiger partial charge in [0.2, 0.25) is 5.91 Å². The van der Waals surface area contributed by atoms with E-state index in [1.807, 2.05) is 48.1 Å². The third kappa shape index (κ3) is 4.81. The van der Waals surface area contributed by atoms with Crippen LogP contribution in [-0.2, 0) is 18.3 Å². The molecule has 0 unspecified atom stereocenters. The van der Waals surface area contributed by atoms with Gasteiger partial charge in [-0.15, -0.1) is 0 Å². The molecule has 4 heterocycles. The molecule has 0 spiro atoms.